The molecule has 0 aliphatic rings. The van der Waals surface area contributed by atoms with E-state index in [1.54, 1.807) is 17.4 Å². The quantitative estimate of drug-likeness (QED) is 0.728. The maximum absolute atomic E-state index is 11.3. The standard InChI is InChI=1S/C10H10N6OS/c1-6-7(18-5-13-6)3-11-8-2-9-14-15-10(17)16(9)4-12-8/h2,4-5,11H,3H2,1H3,(H,15,17). The first-order chi connectivity index (χ1) is 8.74. The van der Waals surface area contributed by atoms with Crippen LogP contribution in [0.25, 0.3) is 5.65 Å². The van der Waals surface area contributed by atoms with Crippen molar-refractivity contribution < 1.29 is 0 Å². The summed E-state index contributed by atoms with van der Waals surface area (Å²) in [4.78, 5) is 20.7. The highest BCUT2D eigenvalue weighted by molar-refractivity contribution is 7.09. The fraction of sp³-hybridized carbons (Fsp3) is 0.200. The lowest BCUT2D eigenvalue weighted by molar-refractivity contribution is 0.991. The minimum atomic E-state index is -0.289. The molecule has 92 valence electrons. The number of aryl methyl sites for hydroxylation is 1. The molecule has 3 aromatic heterocycles. The minimum Gasteiger partial charge on any atom is -0.365 e. The molecule has 3 aromatic rings. The molecule has 7 nitrogen and oxygen atoms in total. The van der Waals surface area contributed by atoms with E-state index in [4.69, 9.17) is 0 Å². The number of H-pyrrole nitrogens is 1. The summed E-state index contributed by atoms with van der Waals surface area (Å²) in [5.74, 6) is 0.675. The number of aromatic nitrogens is 5. The van der Waals surface area contributed by atoms with E-state index >= 15 is 0 Å². The van der Waals surface area contributed by atoms with Crippen molar-refractivity contribution in [1.82, 2.24) is 24.6 Å². The van der Waals surface area contributed by atoms with Crippen LogP contribution < -0.4 is 11.0 Å². The van der Waals surface area contributed by atoms with Crippen LogP contribution in [0, 0.1) is 6.92 Å². The van der Waals surface area contributed by atoms with Crippen LogP contribution in [0.5, 0.6) is 0 Å². The van der Waals surface area contributed by atoms with Gasteiger partial charge in [-0.1, -0.05) is 0 Å². The van der Waals surface area contributed by atoms with E-state index in [-0.39, 0.29) is 5.69 Å². The van der Waals surface area contributed by atoms with Gasteiger partial charge >= 0.3 is 5.69 Å². The summed E-state index contributed by atoms with van der Waals surface area (Å²) < 4.78 is 1.35. The van der Waals surface area contributed by atoms with Gasteiger partial charge in [0.25, 0.3) is 0 Å². The van der Waals surface area contributed by atoms with Crippen LogP contribution in [0.1, 0.15) is 10.6 Å². The van der Waals surface area contributed by atoms with E-state index in [2.05, 4.69) is 25.5 Å². The summed E-state index contributed by atoms with van der Waals surface area (Å²) in [6, 6.07) is 1.72. The zero-order chi connectivity index (χ0) is 12.5. The number of anilines is 1. The van der Waals surface area contributed by atoms with Crippen molar-refractivity contribution in [1.29, 1.82) is 0 Å². The molecule has 0 aliphatic heterocycles. The first-order valence-electron chi connectivity index (χ1n) is 5.29. The molecule has 0 aromatic carbocycles. The molecule has 0 radical (unpaired) electrons. The Morgan fingerprint density at radius 3 is 3.17 bits per heavy atom. The second kappa shape index (κ2) is 4.22. The van der Waals surface area contributed by atoms with Gasteiger partial charge in [-0.2, -0.15) is 5.10 Å². The average Bonchev–Trinajstić information content (AvgIpc) is 2.94. The molecule has 0 aliphatic carbocycles. The van der Waals surface area contributed by atoms with Gasteiger partial charge in [-0.3, -0.25) is 0 Å². The van der Waals surface area contributed by atoms with Crippen LogP contribution in [-0.2, 0) is 6.54 Å². The number of thiazole rings is 1. The lowest BCUT2D eigenvalue weighted by atomic mass is 10.4. The summed E-state index contributed by atoms with van der Waals surface area (Å²) in [5, 5.41) is 9.42. The number of nitrogens with one attached hydrogen (secondary N) is 2. The van der Waals surface area contributed by atoms with Crippen molar-refractivity contribution in [2.45, 2.75) is 13.5 Å². The predicted octanol–water partition coefficient (Wildman–Crippen LogP) is 0.795. The first kappa shape index (κ1) is 10.9. The van der Waals surface area contributed by atoms with Crippen LogP contribution in [0.3, 0.4) is 0 Å². The van der Waals surface area contributed by atoms with Crippen molar-refractivity contribution in [2.24, 2.45) is 0 Å². The second-order valence-electron chi connectivity index (χ2n) is 3.75. The Morgan fingerprint density at radius 1 is 1.50 bits per heavy atom. The van der Waals surface area contributed by atoms with Crippen molar-refractivity contribution >= 4 is 22.8 Å². The fourth-order valence-corrected chi connectivity index (χ4v) is 2.29. The molecule has 0 fully saturated rings. The van der Waals surface area contributed by atoms with E-state index < -0.39 is 0 Å². The molecule has 8 heteroatoms. The zero-order valence-electron chi connectivity index (χ0n) is 9.54. The van der Waals surface area contributed by atoms with E-state index in [9.17, 15) is 4.79 Å². The van der Waals surface area contributed by atoms with Crippen LogP contribution in [0.4, 0.5) is 5.82 Å². The second-order valence-corrected chi connectivity index (χ2v) is 4.68. The van der Waals surface area contributed by atoms with E-state index in [1.807, 2.05) is 12.4 Å². The van der Waals surface area contributed by atoms with Crippen LogP contribution in [0.15, 0.2) is 22.7 Å². The Kier molecular flexibility index (Phi) is 2.56. The molecule has 0 unspecified atom stereocenters. The van der Waals surface area contributed by atoms with Crippen molar-refractivity contribution in [2.75, 3.05) is 5.32 Å². The Bertz CT molecular complexity index is 742. The van der Waals surface area contributed by atoms with Crippen molar-refractivity contribution in [3.63, 3.8) is 0 Å². The molecule has 0 bridgehead atoms. The maximum Gasteiger partial charge on any atom is 0.348 e. The molecular weight excluding hydrogens is 252 g/mol. The van der Waals surface area contributed by atoms with E-state index in [0.717, 1.165) is 10.6 Å². The lowest BCUT2D eigenvalue weighted by Gasteiger charge is -2.03. The number of rotatable bonds is 3. The highest BCUT2D eigenvalue weighted by Gasteiger charge is 2.04. The number of aromatic amines is 1. The highest BCUT2D eigenvalue weighted by Crippen LogP contribution is 2.14. The smallest absolute Gasteiger partial charge is 0.348 e. The summed E-state index contributed by atoms with van der Waals surface area (Å²) in [6.45, 7) is 2.63. The van der Waals surface area contributed by atoms with Gasteiger partial charge in [-0.15, -0.1) is 11.3 Å². The molecule has 18 heavy (non-hydrogen) atoms. The average molecular weight is 262 g/mol. The van der Waals surface area contributed by atoms with Crippen LogP contribution >= 0.6 is 11.3 Å². The normalized spacial score (nSPS) is 10.9. The molecule has 0 atom stereocenters. The molecular formula is C10H10N6OS. The van der Waals surface area contributed by atoms with E-state index in [0.29, 0.717) is 18.0 Å². The summed E-state index contributed by atoms with van der Waals surface area (Å²) in [6.07, 6.45) is 1.45. The number of fused-ring (bicyclic) bond motifs is 1. The van der Waals surface area contributed by atoms with Gasteiger partial charge in [-0.25, -0.2) is 24.3 Å². The van der Waals surface area contributed by atoms with E-state index in [1.165, 1.54) is 10.7 Å². The molecule has 0 amide bonds. The molecule has 0 saturated heterocycles. The number of hydrogen-bond acceptors (Lipinski definition) is 6. The van der Waals surface area contributed by atoms with Gasteiger partial charge in [0.05, 0.1) is 17.7 Å². The Hall–Kier alpha value is -2.22. The monoisotopic (exact) mass is 262 g/mol. The van der Waals surface area contributed by atoms with Gasteiger partial charge in [0.1, 0.15) is 12.1 Å². The molecule has 0 saturated carbocycles. The highest BCUT2D eigenvalue weighted by atomic mass is 32.1. The minimum absolute atomic E-state index is 0.289. The predicted molar refractivity (Wildman–Crippen MR) is 67.8 cm³/mol. The van der Waals surface area contributed by atoms with Gasteiger partial charge in [0.15, 0.2) is 5.65 Å². The summed E-state index contributed by atoms with van der Waals surface area (Å²) in [5.41, 5.74) is 3.08. The van der Waals surface area contributed by atoms with Gasteiger partial charge in [0, 0.05) is 10.9 Å². The summed E-state index contributed by atoms with van der Waals surface area (Å²) >= 11 is 1.60. The van der Waals surface area contributed by atoms with Gasteiger partial charge in [0.2, 0.25) is 0 Å². The van der Waals surface area contributed by atoms with Gasteiger partial charge < -0.3 is 5.32 Å². The van der Waals surface area contributed by atoms with Crippen molar-refractivity contribution in [3.05, 3.63) is 39.0 Å². The third kappa shape index (κ3) is 1.86. The van der Waals surface area contributed by atoms with Gasteiger partial charge in [-0.05, 0) is 6.92 Å². The Labute approximate surface area is 106 Å². The third-order valence-electron chi connectivity index (χ3n) is 2.58. The molecule has 2 N–H and O–H groups in total. The van der Waals surface area contributed by atoms with Crippen LogP contribution in [-0.4, -0.2) is 24.6 Å². The Morgan fingerprint density at radius 2 is 2.39 bits per heavy atom. The number of hydrogen-bond donors (Lipinski definition) is 2. The number of nitrogens with zero attached hydrogens (tertiary/aromatic N) is 4. The first-order valence-corrected chi connectivity index (χ1v) is 6.17. The molecule has 0 spiro atoms. The molecule has 3 heterocycles. The van der Waals surface area contributed by atoms with Crippen molar-refractivity contribution in [3.8, 4) is 0 Å². The van der Waals surface area contributed by atoms with Crippen LogP contribution in [0.2, 0.25) is 0 Å². The topological polar surface area (TPSA) is 88.0 Å². The SMILES string of the molecule is Cc1ncsc1CNc1cc2n[nH]c(=O)n2cn1. The Balaban J connectivity index is 1.83. The largest absolute Gasteiger partial charge is 0.365 e. The fourth-order valence-electron chi connectivity index (χ4n) is 1.57. The zero-order valence-corrected chi connectivity index (χ0v) is 10.4. The lowest BCUT2D eigenvalue weighted by Crippen LogP contribution is -2.10. The third-order valence-corrected chi connectivity index (χ3v) is 3.52. The summed E-state index contributed by atoms with van der Waals surface area (Å²) in [7, 11) is 0. The maximum atomic E-state index is 11.3. The molecule has 3 rings (SSSR count).